The van der Waals surface area contributed by atoms with Gasteiger partial charge in [-0.1, -0.05) is 20.3 Å². The number of amidine groups is 1. The Bertz CT molecular complexity index is 1030. The molecule has 0 spiro atoms. The third-order valence-corrected chi connectivity index (χ3v) is 6.86. The van der Waals surface area contributed by atoms with Gasteiger partial charge in [0.05, 0.1) is 6.10 Å². The number of nitrogens with one attached hydrogen (secondary N) is 2. The lowest BCUT2D eigenvalue weighted by molar-refractivity contribution is 0.114. The second-order valence-corrected chi connectivity index (χ2v) is 10.0. The van der Waals surface area contributed by atoms with Crippen LogP contribution in [0.15, 0.2) is 40.3 Å². The Kier molecular flexibility index (Phi) is 7.69. The Morgan fingerprint density at radius 1 is 1.34 bits per heavy atom. The van der Waals surface area contributed by atoms with Gasteiger partial charge in [-0.15, -0.1) is 0 Å². The molecular weight excluding hydrogens is 452 g/mol. The summed E-state index contributed by atoms with van der Waals surface area (Å²) in [4.78, 5) is 12.8. The second kappa shape index (κ2) is 10.7. The van der Waals surface area contributed by atoms with Crippen molar-refractivity contribution in [2.24, 2.45) is 32.8 Å². The quantitative estimate of drug-likeness (QED) is 0.350. The minimum Gasteiger partial charge on any atom is -0.490 e. The van der Waals surface area contributed by atoms with Crippen LogP contribution in [0.25, 0.3) is 5.57 Å². The predicted molar refractivity (Wildman–Crippen MR) is 135 cm³/mol. The molecule has 10 heteroatoms. The Balaban J connectivity index is 1.46. The van der Waals surface area contributed by atoms with Crippen LogP contribution in [0.2, 0.25) is 0 Å². The highest BCUT2D eigenvalue weighted by Crippen LogP contribution is 2.43. The van der Waals surface area contributed by atoms with Crippen molar-refractivity contribution in [2.45, 2.75) is 71.1 Å². The second-order valence-electron chi connectivity index (χ2n) is 10.0. The smallest absolute Gasteiger partial charge is 0.295 e. The number of anilines is 1. The minimum absolute atomic E-state index is 0.140. The van der Waals surface area contributed by atoms with E-state index in [2.05, 4.69) is 39.4 Å². The van der Waals surface area contributed by atoms with Crippen molar-refractivity contribution in [1.29, 1.82) is 0 Å². The van der Waals surface area contributed by atoms with Gasteiger partial charge in [0.15, 0.2) is 5.84 Å². The summed E-state index contributed by atoms with van der Waals surface area (Å²) < 4.78 is 32.3. The molecule has 0 amide bonds. The molecule has 1 aliphatic heterocycles. The fourth-order valence-electron chi connectivity index (χ4n) is 4.20. The first-order chi connectivity index (χ1) is 16.7. The molecule has 8 nitrogen and oxygen atoms in total. The van der Waals surface area contributed by atoms with Gasteiger partial charge >= 0.3 is 0 Å². The van der Waals surface area contributed by atoms with Gasteiger partial charge in [0, 0.05) is 42.4 Å². The van der Waals surface area contributed by atoms with Crippen molar-refractivity contribution in [3.8, 4) is 5.75 Å². The fraction of sp³-hybridized carbons (Fsp3) is 0.560. The minimum atomic E-state index is -2.76. The molecule has 190 valence electrons. The fourth-order valence-corrected chi connectivity index (χ4v) is 4.20. The zero-order valence-corrected chi connectivity index (χ0v) is 20.3. The van der Waals surface area contributed by atoms with Crippen LogP contribution in [0, 0.1) is 11.3 Å². The summed E-state index contributed by atoms with van der Waals surface area (Å²) in [5, 5.41) is 5.54. The molecule has 0 radical (unpaired) electrons. The van der Waals surface area contributed by atoms with E-state index in [0.29, 0.717) is 17.1 Å². The van der Waals surface area contributed by atoms with Gasteiger partial charge in [-0.05, 0) is 49.5 Å². The summed E-state index contributed by atoms with van der Waals surface area (Å²) in [5.74, 6) is 1.61. The van der Waals surface area contributed by atoms with E-state index in [4.69, 9.17) is 16.2 Å². The van der Waals surface area contributed by atoms with Crippen LogP contribution >= 0.6 is 0 Å². The van der Waals surface area contributed by atoms with E-state index in [1.165, 1.54) is 31.5 Å². The predicted octanol–water partition coefficient (Wildman–Crippen LogP) is 4.01. The molecule has 1 aromatic heterocycles. The first-order valence-corrected chi connectivity index (χ1v) is 12.2. The lowest BCUT2D eigenvalue weighted by Crippen LogP contribution is -2.39. The molecule has 2 saturated carbocycles. The van der Waals surface area contributed by atoms with Crippen molar-refractivity contribution in [3.63, 3.8) is 0 Å². The van der Waals surface area contributed by atoms with Gasteiger partial charge in [-0.3, -0.25) is 4.99 Å². The average molecular weight is 488 g/mol. The molecule has 1 unspecified atom stereocenters. The zero-order valence-electron chi connectivity index (χ0n) is 20.3. The van der Waals surface area contributed by atoms with Gasteiger partial charge in [0.1, 0.15) is 23.6 Å². The highest BCUT2D eigenvalue weighted by molar-refractivity contribution is 6.10. The number of allylic oxidation sites excluding steroid dienone is 1. The molecule has 0 saturated heterocycles. The van der Waals surface area contributed by atoms with Crippen LogP contribution in [0.3, 0.4) is 0 Å². The van der Waals surface area contributed by atoms with Crippen molar-refractivity contribution in [1.82, 2.24) is 10.3 Å². The number of pyridine rings is 1. The number of aliphatic imine (C=N–C) groups is 2. The van der Waals surface area contributed by atoms with Crippen LogP contribution in [-0.2, 0) is 0 Å². The van der Waals surface area contributed by atoms with E-state index >= 15 is 0 Å². The van der Waals surface area contributed by atoms with Gasteiger partial charge in [0.25, 0.3) is 6.43 Å². The van der Waals surface area contributed by atoms with Crippen molar-refractivity contribution in [3.05, 3.63) is 35.9 Å². The van der Waals surface area contributed by atoms with Crippen LogP contribution < -0.4 is 26.8 Å². The van der Waals surface area contributed by atoms with Gasteiger partial charge in [-0.2, -0.15) is 0 Å². The molecule has 1 atom stereocenters. The first-order valence-electron chi connectivity index (χ1n) is 12.2. The number of hydrogen-bond acceptors (Lipinski definition) is 8. The molecule has 3 aliphatic rings. The monoisotopic (exact) mass is 487 g/mol. The van der Waals surface area contributed by atoms with E-state index in [1.54, 1.807) is 18.5 Å². The SMILES string of the molecule is CC(C)(CCN=C/C(=C\N)c1cnc(NC2=CC(N)N=C(C(F)F)N2)cc1OC1CC1)C1CCC1. The van der Waals surface area contributed by atoms with E-state index < -0.39 is 18.4 Å². The third-order valence-electron chi connectivity index (χ3n) is 6.86. The first kappa shape index (κ1) is 25.1. The molecule has 35 heavy (non-hydrogen) atoms. The van der Waals surface area contributed by atoms with Gasteiger partial charge < -0.3 is 26.8 Å². The largest absolute Gasteiger partial charge is 0.490 e. The van der Waals surface area contributed by atoms with Crippen LogP contribution in [0.5, 0.6) is 5.75 Å². The number of aromatic nitrogens is 1. The molecule has 0 aromatic carbocycles. The number of ether oxygens (including phenoxy) is 1. The molecule has 2 aliphatic carbocycles. The average Bonchev–Trinajstić information content (AvgIpc) is 3.56. The molecule has 2 heterocycles. The normalized spacial score (nSPS) is 21.4. The summed E-state index contributed by atoms with van der Waals surface area (Å²) in [6.07, 6.45) is 9.87. The van der Waals surface area contributed by atoms with Gasteiger partial charge in [-0.25, -0.2) is 18.8 Å². The highest BCUT2D eigenvalue weighted by Gasteiger charge is 2.33. The summed E-state index contributed by atoms with van der Waals surface area (Å²) in [7, 11) is 0. The van der Waals surface area contributed by atoms with Crippen molar-refractivity contribution in [2.75, 3.05) is 11.9 Å². The molecular formula is C25H35F2N7O. The van der Waals surface area contributed by atoms with Crippen molar-refractivity contribution >= 4 is 23.4 Å². The lowest BCUT2D eigenvalue weighted by Gasteiger charge is -2.40. The Labute approximate surface area is 205 Å². The maximum atomic E-state index is 13.1. The Hall–Kier alpha value is -3.01. The summed E-state index contributed by atoms with van der Waals surface area (Å²) in [6, 6.07) is 1.73. The lowest BCUT2D eigenvalue weighted by atomic mass is 9.66. The number of halogens is 2. The number of alkyl halides is 2. The Morgan fingerprint density at radius 2 is 2.11 bits per heavy atom. The molecule has 2 fully saturated rings. The summed E-state index contributed by atoms with van der Waals surface area (Å²) in [6.45, 7) is 5.37. The van der Waals surface area contributed by atoms with E-state index in [0.717, 1.165) is 37.3 Å². The standard InChI is InChI=1S/C25H35F2N7O/c1-25(2,16-4-3-5-16)8-9-30-13-15(12-28)18-14-31-21(10-19(18)35-17-6-7-17)33-22-11-20(29)32-24(34-22)23(26)27/h10-14,16-17,20,23H,3-9,28-29H2,1-2H3,(H,31,33)(H,32,34)/b15-12+,30-13?. The third kappa shape index (κ3) is 6.56. The maximum absolute atomic E-state index is 13.1. The van der Waals surface area contributed by atoms with Crippen LogP contribution in [-0.4, -0.2) is 42.3 Å². The van der Waals surface area contributed by atoms with Gasteiger partial charge in [0.2, 0.25) is 0 Å². The number of rotatable bonds is 11. The van der Waals surface area contributed by atoms with Crippen LogP contribution in [0.1, 0.15) is 57.9 Å². The summed E-state index contributed by atoms with van der Waals surface area (Å²) >= 11 is 0. The molecule has 1 aromatic rings. The number of nitrogens with two attached hydrogens (primary N) is 2. The number of hydrogen-bond donors (Lipinski definition) is 4. The summed E-state index contributed by atoms with van der Waals surface area (Å²) in [5.41, 5.74) is 13.4. The zero-order chi connectivity index (χ0) is 25.0. The molecule has 0 bridgehead atoms. The van der Waals surface area contributed by atoms with E-state index in [9.17, 15) is 8.78 Å². The van der Waals surface area contributed by atoms with E-state index in [1.807, 2.05) is 0 Å². The maximum Gasteiger partial charge on any atom is 0.295 e. The molecule has 6 N–H and O–H groups in total. The van der Waals surface area contributed by atoms with Crippen molar-refractivity contribution < 1.29 is 13.5 Å². The Morgan fingerprint density at radius 3 is 2.74 bits per heavy atom. The highest BCUT2D eigenvalue weighted by atomic mass is 19.3. The molecule has 4 rings (SSSR count). The van der Waals surface area contributed by atoms with E-state index in [-0.39, 0.29) is 17.3 Å². The van der Waals surface area contributed by atoms with Crippen LogP contribution in [0.4, 0.5) is 14.6 Å². The topological polar surface area (TPSA) is 123 Å². The number of nitrogens with zero attached hydrogens (tertiary/aromatic N) is 3.